The maximum absolute atomic E-state index is 4.22. The maximum Gasteiger partial charge on any atom is 0.0948 e. The van der Waals surface area contributed by atoms with Crippen molar-refractivity contribution in [1.82, 2.24) is 19.8 Å². The molecule has 0 atom stereocenters. The molecule has 0 saturated carbocycles. The van der Waals surface area contributed by atoms with Crippen molar-refractivity contribution in [3.05, 3.63) is 18.2 Å². The first-order chi connectivity index (χ1) is 6.77. The van der Waals surface area contributed by atoms with E-state index in [-0.39, 0.29) is 0 Å². The van der Waals surface area contributed by atoms with Gasteiger partial charge in [-0.15, -0.1) is 0 Å². The molecule has 2 heterocycles. The Bertz CT molecular complexity index is 288. The van der Waals surface area contributed by atoms with Gasteiger partial charge in [-0.1, -0.05) is 0 Å². The van der Waals surface area contributed by atoms with E-state index >= 15 is 0 Å². The SMILES string of the molecule is CN(C)CCn1cncc1C1CNC1. The number of aromatic nitrogens is 2. The van der Waals surface area contributed by atoms with Crippen LogP contribution in [0.15, 0.2) is 12.5 Å². The normalized spacial score (nSPS) is 17.4. The number of hydrogen-bond donors (Lipinski definition) is 1. The zero-order valence-corrected chi connectivity index (χ0v) is 8.90. The maximum atomic E-state index is 4.22. The van der Waals surface area contributed by atoms with Crippen molar-refractivity contribution in [1.29, 1.82) is 0 Å². The third-order valence-electron chi connectivity index (χ3n) is 2.73. The number of likely N-dealkylation sites (N-methyl/N-ethyl adjacent to an activating group) is 1. The molecule has 0 unspecified atom stereocenters. The summed E-state index contributed by atoms with van der Waals surface area (Å²) in [5.74, 6) is 0.680. The van der Waals surface area contributed by atoms with E-state index in [9.17, 15) is 0 Å². The highest BCUT2D eigenvalue weighted by molar-refractivity contribution is 5.11. The predicted molar refractivity (Wildman–Crippen MR) is 56.4 cm³/mol. The third kappa shape index (κ3) is 1.96. The lowest BCUT2D eigenvalue weighted by Gasteiger charge is -2.28. The summed E-state index contributed by atoms with van der Waals surface area (Å²) < 4.78 is 2.27. The molecule has 0 spiro atoms. The van der Waals surface area contributed by atoms with E-state index in [2.05, 4.69) is 33.9 Å². The standard InChI is InChI=1S/C10H18N4/c1-13(2)3-4-14-8-12-7-10(14)9-5-11-6-9/h7-9,11H,3-6H2,1-2H3. The second-order valence-corrected chi connectivity index (χ2v) is 4.17. The first-order valence-electron chi connectivity index (χ1n) is 5.13. The Hall–Kier alpha value is -0.870. The number of nitrogens with zero attached hydrogens (tertiary/aromatic N) is 3. The molecule has 1 aliphatic rings. The van der Waals surface area contributed by atoms with Crippen LogP contribution in [0.2, 0.25) is 0 Å². The van der Waals surface area contributed by atoms with Gasteiger partial charge in [-0.2, -0.15) is 0 Å². The van der Waals surface area contributed by atoms with Crippen molar-refractivity contribution in [2.24, 2.45) is 0 Å². The summed E-state index contributed by atoms with van der Waals surface area (Å²) in [7, 11) is 4.20. The Kier molecular flexibility index (Phi) is 2.84. The summed E-state index contributed by atoms with van der Waals surface area (Å²) in [5, 5.41) is 3.29. The van der Waals surface area contributed by atoms with Crippen LogP contribution < -0.4 is 5.32 Å². The lowest BCUT2D eigenvalue weighted by atomic mass is 10.00. The molecule has 0 amide bonds. The van der Waals surface area contributed by atoms with Crippen molar-refractivity contribution in [3.8, 4) is 0 Å². The van der Waals surface area contributed by atoms with E-state index in [4.69, 9.17) is 0 Å². The van der Waals surface area contributed by atoms with Crippen LogP contribution in [0.4, 0.5) is 0 Å². The van der Waals surface area contributed by atoms with Crippen LogP contribution in [0.25, 0.3) is 0 Å². The summed E-state index contributed by atoms with van der Waals surface area (Å²) in [6.07, 6.45) is 3.94. The zero-order chi connectivity index (χ0) is 9.97. The molecule has 0 aromatic carbocycles. The molecule has 14 heavy (non-hydrogen) atoms. The van der Waals surface area contributed by atoms with Gasteiger partial charge in [-0.3, -0.25) is 0 Å². The van der Waals surface area contributed by atoms with Crippen LogP contribution in [-0.4, -0.2) is 48.2 Å². The molecule has 1 fully saturated rings. The minimum absolute atomic E-state index is 0.680. The number of nitrogens with one attached hydrogen (secondary N) is 1. The van der Waals surface area contributed by atoms with E-state index in [1.807, 2.05) is 12.5 Å². The Morgan fingerprint density at radius 1 is 1.57 bits per heavy atom. The van der Waals surface area contributed by atoms with Gasteiger partial charge in [0.25, 0.3) is 0 Å². The molecular weight excluding hydrogens is 176 g/mol. The minimum atomic E-state index is 0.680. The van der Waals surface area contributed by atoms with E-state index in [0.717, 1.165) is 26.2 Å². The van der Waals surface area contributed by atoms with E-state index in [1.165, 1.54) is 5.69 Å². The van der Waals surface area contributed by atoms with Gasteiger partial charge in [0.05, 0.1) is 6.33 Å². The number of imidazole rings is 1. The molecule has 1 saturated heterocycles. The number of hydrogen-bond acceptors (Lipinski definition) is 3. The van der Waals surface area contributed by atoms with Crippen LogP contribution in [0, 0.1) is 0 Å². The highest BCUT2D eigenvalue weighted by Gasteiger charge is 2.21. The quantitative estimate of drug-likeness (QED) is 0.739. The van der Waals surface area contributed by atoms with Crippen LogP contribution in [0.5, 0.6) is 0 Å². The average Bonchev–Trinajstić information content (AvgIpc) is 2.46. The summed E-state index contributed by atoms with van der Waals surface area (Å²) in [6, 6.07) is 0. The van der Waals surface area contributed by atoms with Crippen molar-refractivity contribution in [2.45, 2.75) is 12.5 Å². The molecular formula is C10H18N4. The van der Waals surface area contributed by atoms with E-state index < -0.39 is 0 Å². The first kappa shape index (κ1) is 9.68. The zero-order valence-electron chi connectivity index (χ0n) is 8.90. The Balaban J connectivity index is 1.98. The Labute approximate surface area is 84.9 Å². The van der Waals surface area contributed by atoms with Gasteiger partial charge in [-0.25, -0.2) is 4.98 Å². The summed E-state index contributed by atoms with van der Waals surface area (Å²) >= 11 is 0. The third-order valence-corrected chi connectivity index (χ3v) is 2.73. The van der Waals surface area contributed by atoms with Gasteiger partial charge in [-0.05, 0) is 14.1 Å². The van der Waals surface area contributed by atoms with Gasteiger partial charge in [0.1, 0.15) is 0 Å². The molecule has 0 aliphatic carbocycles. The average molecular weight is 194 g/mol. The molecule has 78 valence electrons. The van der Waals surface area contributed by atoms with Crippen LogP contribution in [0.1, 0.15) is 11.6 Å². The monoisotopic (exact) mass is 194 g/mol. The highest BCUT2D eigenvalue weighted by Crippen LogP contribution is 2.18. The molecule has 4 heteroatoms. The smallest absolute Gasteiger partial charge is 0.0948 e. The lowest BCUT2D eigenvalue weighted by molar-refractivity contribution is 0.367. The second kappa shape index (κ2) is 4.11. The summed E-state index contributed by atoms with van der Waals surface area (Å²) in [6.45, 7) is 4.32. The van der Waals surface area contributed by atoms with Crippen LogP contribution >= 0.6 is 0 Å². The van der Waals surface area contributed by atoms with Gasteiger partial charge in [0, 0.05) is 44.0 Å². The van der Waals surface area contributed by atoms with Crippen molar-refractivity contribution < 1.29 is 0 Å². The Morgan fingerprint density at radius 2 is 2.36 bits per heavy atom. The number of rotatable bonds is 4. The van der Waals surface area contributed by atoms with E-state index in [0.29, 0.717) is 5.92 Å². The van der Waals surface area contributed by atoms with Gasteiger partial charge < -0.3 is 14.8 Å². The fraction of sp³-hybridized carbons (Fsp3) is 0.700. The molecule has 0 bridgehead atoms. The first-order valence-corrected chi connectivity index (χ1v) is 5.13. The van der Waals surface area contributed by atoms with Crippen molar-refractivity contribution in [3.63, 3.8) is 0 Å². The predicted octanol–water partition coefficient (Wildman–Crippen LogP) is 0.132. The fourth-order valence-electron chi connectivity index (χ4n) is 1.66. The molecule has 1 aromatic rings. The molecule has 4 nitrogen and oxygen atoms in total. The topological polar surface area (TPSA) is 33.1 Å². The molecule has 1 N–H and O–H groups in total. The van der Waals surface area contributed by atoms with Gasteiger partial charge in [0.2, 0.25) is 0 Å². The highest BCUT2D eigenvalue weighted by atomic mass is 15.1. The van der Waals surface area contributed by atoms with Crippen molar-refractivity contribution in [2.75, 3.05) is 33.7 Å². The largest absolute Gasteiger partial charge is 0.333 e. The minimum Gasteiger partial charge on any atom is -0.333 e. The summed E-state index contributed by atoms with van der Waals surface area (Å²) in [5.41, 5.74) is 1.38. The van der Waals surface area contributed by atoms with Gasteiger partial charge >= 0.3 is 0 Å². The van der Waals surface area contributed by atoms with Crippen molar-refractivity contribution >= 4 is 0 Å². The molecule has 1 aliphatic heterocycles. The summed E-state index contributed by atoms with van der Waals surface area (Å²) in [4.78, 5) is 6.42. The molecule has 1 aromatic heterocycles. The van der Waals surface area contributed by atoms with Crippen LogP contribution in [0.3, 0.4) is 0 Å². The second-order valence-electron chi connectivity index (χ2n) is 4.17. The lowest BCUT2D eigenvalue weighted by Crippen LogP contribution is -2.41. The van der Waals surface area contributed by atoms with Crippen LogP contribution in [-0.2, 0) is 6.54 Å². The molecule has 2 rings (SSSR count). The fourth-order valence-corrected chi connectivity index (χ4v) is 1.66. The Morgan fingerprint density at radius 3 is 2.93 bits per heavy atom. The van der Waals surface area contributed by atoms with E-state index in [1.54, 1.807) is 0 Å². The van der Waals surface area contributed by atoms with Gasteiger partial charge in [0.15, 0.2) is 0 Å². The molecule has 0 radical (unpaired) electrons.